The average molecular weight is 555 g/mol. The van der Waals surface area contributed by atoms with E-state index in [1.54, 1.807) is 21.4 Å². The minimum atomic E-state index is -4.85. The van der Waals surface area contributed by atoms with Crippen LogP contribution in [0.3, 0.4) is 0 Å². The standard InChI is InChI=1S/C21H24F6N5O2PS/c1-12(2)34-13-3-5-14(6-4-13)36-17-15-16(30-18(28)31-17)32(11-29-15)7-8-33-19(35,9-20(22,23)24)10-21(25,26)27/h3-6,11-12H,7-10,35H2,1-2H3,(H2,28,30,31). The predicted octanol–water partition coefficient (Wildman–Crippen LogP) is 5.84. The molecule has 2 heterocycles. The molecule has 3 rings (SSSR count). The predicted molar refractivity (Wildman–Crippen MR) is 126 cm³/mol. The molecule has 0 aliphatic rings. The van der Waals surface area contributed by atoms with Gasteiger partial charge >= 0.3 is 12.4 Å². The number of alkyl halides is 6. The zero-order chi connectivity index (χ0) is 26.7. The lowest BCUT2D eigenvalue weighted by Gasteiger charge is -2.31. The fourth-order valence-electron chi connectivity index (χ4n) is 3.33. The maximum absolute atomic E-state index is 12.9. The Morgan fingerprint density at radius 2 is 1.64 bits per heavy atom. The second-order valence-corrected chi connectivity index (χ2v) is 10.3. The van der Waals surface area contributed by atoms with E-state index in [1.807, 2.05) is 26.0 Å². The summed E-state index contributed by atoms with van der Waals surface area (Å²) in [6.45, 7) is 3.27. The van der Waals surface area contributed by atoms with Crippen LogP contribution >= 0.6 is 21.0 Å². The third-order valence-electron chi connectivity index (χ3n) is 4.58. The molecule has 0 saturated carbocycles. The number of aromatic nitrogens is 4. The minimum Gasteiger partial charge on any atom is -0.491 e. The van der Waals surface area contributed by atoms with E-state index in [4.69, 9.17) is 15.2 Å². The van der Waals surface area contributed by atoms with E-state index >= 15 is 0 Å². The van der Waals surface area contributed by atoms with Gasteiger partial charge in [-0.3, -0.25) is 0 Å². The largest absolute Gasteiger partial charge is 0.491 e. The van der Waals surface area contributed by atoms with Crippen molar-refractivity contribution in [2.75, 3.05) is 12.3 Å². The van der Waals surface area contributed by atoms with Crippen LogP contribution in [-0.4, -0.2) is 49.9 Å². The number of fused-ring (bicyclic) bond motifs is 1. The maximum atomic E-state index is 12.9. The highest BCUT2D eigenvalue weighted by molar-refractivity contribution is 7.99. The quantitative estimate of drug-likeness (QED) is 0.191. The van der Waals surface area contributed by atoms with Crippen molar-refractivity contribution in [3.63, 3.8) is 0 Å². The minimum absolute atomic E-state index is 0.0242. The van der Waals surface area contributed by atoms with E-state index in [0.717, 1.165) is 4.90 Å². The fraction of sp³-hybridized carbons (Fsp3) is 0.476. The summed E-state index contributed by atoms with van der Waals surface area (Å²) in [4.78, 5) is 13.4. The molecule has 2 aromatic heterocycles. The van der Waals surface area contributed by atoms with Gasteiger partial charge in [-0.25, -0.2) is 9.97 Å². The Bertz CT molecular complexity index is 1150. The van der Waals surface area contributed by atoms with Crippen molar-refractivity contribution in [1.82, 2.24) is 19.5 Å². The van der Waals surface area contributed by atoms with E-state index in [1.165, 1.54) is 22.7 Å². The zero-order valence-electron chi connectivity index (χ0n) is 19.2. The van der Waals surface area contributed by atoms with Crippen LogP contribution in [0.5, 0.6) is 5.75 Å². The molecule has 15 heteroatoms. The molecular formula is C21H24F6N5O2PS. The molecule has 36 heavy (non-hydrogen) atoms. The molecule has 0 radical (unpaired) electrons. The van der Waals surface area contributed by atoms with Crippen LogP contribution in [-0.2, 0) is 11.3 Å². The molecule has 0 amide bonds. The number of benzene rings is 1. The molecule has 3 aromatic rings. The summed E-state index contributed by atoms with van der Waals surface area (Å²) in [5.41, 5.74) is 6.49. The first kappa shape index (κ1) is 28.3. The molecule has 1 aromatic carbocycles. The molecule has 7 nitrogen and oxygen atoms in total. The van der Waals surface area contributed by atoms with E-state index in [0.29, 0.717) is 16.3 Å². The molecule has 0 fully saturated rings. The van der Waals surface area contributed by atoms with Gasteiger partial charge in [0.05, 0.1) is 37.2 Å². The molecule has 0 aliphatic heterocycles. The van der Waals surface area contributed by atoms with Gasteiger partial charge in [-0.15, -0.1) is 9.24 Å². The number of halogens is 6. The van der Waals surface area contributed by atoms with Crippen LogP contribution < -0.4 is 10.5 Å². The van der Waals surface area contributed by atoms with Crippen molar-refractivity contribution < 1.29 is 35.8 Å². The Labute approximate surface area is 209 Å². The molecular weight excluding hydrogens is 531 g/mol. The first-order chi connectivity index (χ1) is 16.6. The second kappa shape index (κ2) is 11.0. The van der Waals surface area contributed by atoms with Crippen molar-refractivity contribution in [3.05, 3.63) is 30.6 Å². The van der Waals surface area contributed by atoms with E-state index < -0.39 is 37.1 Å². The van der Waals surface area contributed by atoms with Crippen LogP contribution in [0, 0.1) is 0 Å². The van der Waals surface area contributed by atoms with Gasteiger partial charge in [-0.2, -0.15) is 31.3 Å². The van der Waals surface area contributed by atoms with Gasteiger partial charge in [0.15, 0.2) is 5.65 Å². The molecule has 0 spiro atoms. The van der Waals surface area contributed by atoms with Crippen LogP contribution in [0.2, 0.25) is 0 Å². The smallest absolute Gasteiger partial charge is 0.392 e. The Morgan fingerprint density at radius 1 is 1.03 bits per heavy atom. The number of anilines is 1. The molecule has 0 bridgehead atoms. The van der Waals surface area contributed by atoms with Crippen molar-refractivity contribution >= 4 is 38.1 Å². The first-order valence-corrected chi connectivity index (χ1v) is 12.0. The summed E-state index contributed by atoms with van der Waals surface area (Å²) >= 11 is 1.27. The molecule has 1 atom stereocenters. The molecule has 0 aliphatic carbocycles. The summed E-state index contributed by atoms with van der Waals surface area (Å²) in [5.74, 6) is 0.633. The van der Waals surface area contributed by atoms with Crippen LogP contribution in [0.4, 0.5) is 32.3 Å². The van der Waals surface area contributed by atoms with Crippen molar-refractivity contribution in [1.29, 1.82) is 0 Å². The number of imidazole rings is 1. The molecule has 1 unspecified atom stereocenters. The van der Waals surface area contributed by atoms with Gasteiger partial charge in [-0.05, 0) is 38.1 Å². The van der Waals surface area contributed by atoms with E-state index in [2.05, 4.69) is 15.0 Å². The highest BCUT2D eigenvalue weighted by Crippen LogP contribution is 2.42. The summed E-state index contributed by atoms with van der Waals surface area (Å²) < 4.78 is 89.3. The number of hydrogen-bond donors (Lipinski definition) is 1. The normalized spacial score (nSPS) is 13.1. The molecule has 198 valence electrons. The lowest BCUT2D eigenvalue weighted by atomic mass is 10.1. The highest BCUT2D eigenvalue weighted by atomic mass is 32.2. The Kier molecular flexibility index (Phi) is 8.62. The van der Waals surface area contributed by atoms with Crippen molar-refractivity contribution in [3.8, 4) is 5.75 Å². The highest BCUT2D eigenvalue weighted by Gasteiger charge is 2.47. The number of nitrogens with two attached hydrogens (primary N) is 1. The molecule has 2 N–H and O–H groups in total. The van der Waals surface area contributed by atoms with Crippen LogP contribution in [0.1, 0.15) is 26.7 Å². The van der Waals surface area contributed by atoms with Crippen LogP contribution in [0.15, 0.2) is 40.5 Å². The average Bonchev–Trinajstić information content (AvgIpc) is 3.09. The number of hydrogen-bond acceptors (Lipinski definition) is 7. The second-order valence-electron chi connectivity index (χ2n) is 8.23. The third kappa shape index (κ3) is 8.38. The van der Waals surface area contributed by atoms with E-state index in [-0.39, 0.29) is 24.2 Å². The maximum Gasteiger partial charge on any atom is 0.392 e. The monoisotopic (exact) mass is 555 g/mol. The Balaban J connectivity index is 1.75. The SMILES string of the molecule is CC(C)Oc1ccc(Sc2nc(N)nc3c2ncn3CCOC(P)(CC(F)(F)F)CC(F)(F)F)cc1. The number of nitrogen functional groups attached to an aromatic ring is 1. The van der Waals surface area contributed by atoms with Gasteiger partial charge in [0.1, 0.15) is 16.3 Å². The van der Waals surface area contributed by atoms with Crippen molar-refractivity contribution in [2.45, 2.75) is 67.0 Å². The fourth-order valence-corrected chi connectivity index (χ4v) is 4.79. The van der Waals surface area contributed by atoms with Gasteiger partial charge in [0.2, 0.25) is 5.95 Å². The number of nitrogens with zero attached hydrogens (tertiary/aromatic N) is 4. The summed E-state index contributed by atoms with van der Waals surface area (Å²) in [6.07, 6.45) is -11.9. The van der Waals surface area contributed by atoms with Crippen LogP contribution in [0.25, 0.3) is 11.2 Å². The summed E-state index contributed by atoms with van der Waals surface area (Å²) in [7, 11) is 1.56. The lowest BCUT2D eigenvalue weighted by Crippen LogP contribution is -2.37. The van der Waals surface area contributed by atoms with Gasteiger partial charge in [-0.1, -0.05) is 11.8 Å². The van der Waals surface area contributed by atoms with Gasteiger partial charge in [0.25, 0.3) is 0 Å². The summed E-state index contributed by atoms with van der Waals surface area (Å²) in [5, 5.41) is -2.11. The Morgan fingerprint density at radius 3 is 2.19 bits per heavy atom. The number of rotatable bonds is 10. The zero-order valence-corrected chi connectivity index (χ0v) is 21.2. The molecule has 0 saturated heterocycles. The topological polar surface area (TPSA) is 88.1 Å². The summed E-state index contributed by atoms with van der Waals surface area (Å²) in [6, 6.07) is 7.27. The third-order valence-corrected chi connectivity index (χ3v) is 6.14. The number of ether oxygens (including phenoxy) is 2. The van der Waals surface area contributed by atoms with Gasteiger partial charge < -0.3 is 19.8 Å². The van der Waals surface area contributed by atoms with E-state index in [9.17, 15) is 26.3 Å². The Hall–Kier alpha value is -2.31. The first-order valence-electron chi connectivity index (χ1n) is 10.6. The van der Waals surface area contributed by atoms with Gasteiger partial charge in [0, 0.05) is 11.4 Å². The van der Waals surface area contributed by atoms with Crippen molar-refractivity contribution in [2.24, 2.45) is 0 Å². The lowest BCUT2D eigenvalue weighted by molar-refractivity contribution is -0.205.